The van der Waals surface area contributed by atoms with Gasteiger partial charge in [-0.25, -0.2) is 4.39 Å². The molecule has 110 valence electrons. The van der Waals surface area contributed by atoms with Gasteiger partial charge in [0.2, 0.25) is 0 Å². The van der Waals surface area contributed by atoms with E-state index in [4.69, 9.17) is 0 Å². The van der Waals surface area contributed by atoms with Gasteiger partial charge in [-0.15, -0.1) is 0 Å². The quantitative estimate of drug-likeness (QED) is 0.748. The van der Waals surface area contributed by atoms with Crippen LogP contribution in [0.25, 0.3) is 0 Å². The molecular formula is C14H9BrF3NOS. The van der Waals surface area contributed by atoms with Crippen LogP contribution in [-0.4, -0.2) is 11.7 Å². The molecule has 0 aliphatic heterocycles. The normalized spacial score (nSPS) is 10.7. The molecule has 1 N–H and O–H groups in total. The molecule has 0 bridgehead atoms. The molecule has 0 aromatic heterocycles. The van der Waals surface area contributed by atoms with Crippen molar-refractivity contribution in [2.24, 2.45) is 0 Å². The van der Waals surface area contributed by atoms with E-state index in [0.717, 1.165) is 0 Å². The molecule has 1 amide bonds. The zero-order chi connectivity index (χ0) is 15.4. The standard InChI is InChI=1S/C14H9BrF3NOS/c15-10-2-1-3-11(16)12(10)13(20)19-8-4-6-9(7-5-8)21-14(17)18/h1-7,14H,(H,19,20). The third-order valence-corrected chi connectivity index (χ3v) is 3.91. The molecule has 0 atom stereocenters. The molecule has 0 saturated heterocycles. The number of amides is 1. The Hall–Kier alpha value is -1.47. The summed E-state index contributed by atoms with van der Waals surface area (Å²) in [7, 11) is 0. The van der Waals surface area contributed by atoms with E-state index in [1.807, 2.05) is 0 Å². The minimum atomic E-state index is -2.50. The molecule has 0 saturated carbocycles. The van der Waals surface area contributed by atoms with Gasteiger partial charge in [-0.1, -0.05) is 17.8 Å². The Labute approximate surface area is 131 Å². The highest BCUT2D eigenvalue weighted by molar-refractivity contribution is 9.10. The molecule has 2 aromatic rings. The first kappa shape index (κ1) is 15.9. The number of rotatable bonds is 4. The van der Waals surface area contributed by atoms with Crippen LogP contribution in [0, 0.1) is 5.82 Å². The smallest absolute Gasteiger partial charge is 0.288 e. The van der Waals surface area contributed by atoms with E-state index in [1.54, 1.807) is 6.07 Å². The number of anilines is 1. The van der Waals surface area contributed by atoms with Crippen molar-refractivity contribution in [1.82, 2.24) is 0 Å². The second-order valence-electron chi connectivity index (χ2n) is 3.95. The Kier molecular flexibility index (Phi) is 5.30. The average molecular weight is 376 g/mol. The van der Waals surface area contributed by atoms with Crippen molar-refractivity contribution >= 4 is 39.3 Å². The number of hydrogen-bond acceptors (Lipinski definition) is 2. The number of nitrogens with one attached hydrogen (secondary N) is 1. The van der Waals surface area contributed by atoms with Gasteiger partial charge in [-0.2, -0.15) is 8.78 Å². The lowest BCUT2D eigenvalue weighted by molar-refractivity contribution is 0.102. The zero-order valence-electron chi connectivity index (χ0n) is 10.4. The van der Waals surface area contributed by atoms with Crippen LogP contribution in [-0.2, 0) is 0 Å². The lowest BCUT2D eigenvalue weighted by atomic mass is 10.2. The summed E-state index contributed by atoms with van der Waals surface area (Å²) >= 11 is 3.53. The first-order valence-electron chi connectivity index (χ1n) is 5.77. The lowest BCUT2D eigenvalue weighted by Crippen LogP contribution is -2.14. The predicted molar refractivity (Wildman–Crippen MR) is 80.4 cm³/mol. The molecule has 0 radical (unpaired) electrons. The third kappa shape index (κ3) is 4.25. The summed E-state index contributed by atoms with van der Waals surface area (Å²) in [4.78, 5) is 12.4. The van der Waals surface area contributed by atoms with Crippen molar-refractivity contribution < 1.29 is 18.0 Å². The van der Waals surface area contributed by atoms with Crippen LogP contribution in [0.5, 0.6) is 0 Å². The maximum Gasteiger partial charge on any atom is 0.288 e. The van der Waals surface area contributed by atoms with Gasteiger partial charge < -0.3 is 5.32 Å². The zero-order valence-corrected chi connectivity index (χ0v) is 12.8. The van der Waals surface area contributed by atoms with Crippen molar-refractivity contribution in [2.75, 3.05) is 5.32 Å². The summed E-state index contributed by atoms with van der Waals surface area (Å²) in [5, 5.41) is 2.51. The highest BCUT2D eigenvalue weighted by Crippen LogP contribution is 2.27. The van der Waals surface area contributed by atoms with Gasteiger partial charge in [0.25, 0.3) is 11.7 Å². The molecule has 7 heteroatoms. The SMILES string of the molecule is O=C(Nc1ccc(SC(F)F)cc1)c1c(F)cccc1Br. The number of thioether (sulfide) groups is 1. The lowest BCUT2D eigenvalue weighted by Gasteiger charge is -2.08. The van der Waals surface area contributed by atoms with Crippen molar-refractivity contribution in [2.45, 2.75) is 10.7 Å². The van der Waals surface area contributed by atoms with Crippen LogP contribution in [0.15, 0.2) is 51.8 Å². The molecule has 0 heterocycles. The molecule has 0 fully saturated rings. The van der Waals surface area contributed by atoms with Crippen molar-refractivity contribution in [3.8, 4) is 0 Å². The number of halogens is 4. The molecule has 2 aromatic carbocycles. The maximum atomic E-state index is 13.6. The number of hydrogen-bond donors (Lipinski definition) is 1. The van der Waals surface area contributed by atoms with E-state index in [9.17, 15) is 18.0 Å². The summed E-state index contributed by atoms with van der Waals surface area (Å²) in [6.45, 7) is 0. The second-order valence-corrected chi connectivity index (χ2v) is 5.87. The first-order chi connectivity index (χ1) is 9.97. The van der Waals surface area contributed by atoms with Gasteiger partial charge in [-0.05, 0) is 52.3 Å². The Morgan fingerprint density at radius 2 is 1.81 bits per heavy atom. The fourth-order valence-corrected chi connectivity index (χ4v) is 2.65. The molecule has 2 nitrogen and oxygen atoms in total. The van der Waals surface area contributed by atoms with E-state index < -0.39 is 17.5 Å². The highest BCUT2D eigenvalue weighted by Gasteiger charge is 2.15. The van der Waals surface area contributed by atoms with E-state index in [0.29, 0.717) is 26.8 Å². The van der Waals surface area contributed by atoms with Crippen molar-refractivity contribution in [3.05, 3.63) is 58.3 Å². The van der Waals surface area contributed by atoms with E-state index >= 15 is 0 Å². The van der Waals surface area contributed by atoms with Gasteiger partial charge in [0.05, 0.1) is 5.56 Å². The highest BCUT2D eigenvalue weighted by atomic mass is 79.9. The summed E-state index contributed by atoms with van der Waals surface area (Å²) in [5.41, 5.74) is 0.289. The number of alkyl halides is 2. The molecular weight excluding hydrogens is 367 g/mol. The van der Waals surface area contributed by atoms with Crippen LogP contribution in [0.1, 0.15) is 10.4 Å². The maximum absolute atomic E-state index is 13.6. The fourth-order valence-electron chi connectivity index (χ4n) is 1.63. The Balaban J connectivity index is 2.13. The minimum absolute atomic E-state index is 0.108. The predicted octanol–water partition coefficient (Wildman–Crippen LogP) is 5.16. The minimum Gasteiger partial charge on any atom is -0.322 e. The van der Waals surface area contributed by atoms with E-state index in [2.05, 4.69) is 21.2 Å². The molecule has 0 spiro atoms. The first-order valence-corrected chi connectivity index (χ1v) is 7.45. The van der Waals surface area contributed by atoms with E-state index in [-0.39, 0.29) is 5.56 Å². The summed E-state index contributed by atoms with van der Waals surface area (Å²) in [5.74, 6) is -3.76. The summed E-state index contributed by atoms with van der Waals surface area (Å²) in [6, 6.07) is 10.1. The summed E-state index contributed by atoms with van der Waals surface area (Å²) < 4.78 is 38.3. The van der Waals surface area contributed by atoms with E-state index in [1.165, 1.54) is 36.4 Å². The van der Waals surface area contributed by atoms with Gasteiger partial charge in [-0.3, -0.25) is 4.79 Å². The molecule has 0 aliphatic carbocycles. The van der Waals surface area contributed by atoms with Crippen LogP contribution < -0.4 is 5.32 Å². The van der Waals surface area contributed by atoms with Gasteiger partial charge >= 0.3 is 0 Å². The van der Waals surface area contributed by atoms with Crippen LogP contribution in [0.2, 0.25) is 0 Å². The average Bonchev–Trinajstić information content (AvgIpc) is 2.40. The Bertz CT molecular complexity index is 629. The Morgan fingerprint density at radius 3 is 2.38 bits per heavy atom. The second kappa shape index (κ2) is 7.00. The van der Waals surface area contributed by atoms with Crippen molar-refractivity contribution in [1.29, 1.82) is 0 Å². The van der Waals surface area contributed by atoms with Gasteiger partial charge in [0, 0.05) is 15.1 Å². The molecule has 21 heavy (non-hydrogen) atoms. The topological polar surface area (TPSA) is 29.1 Å². The van der Waals surface area contributed by atoms with Gasteiger partial charge in [0.1, 0.15) is 5.82 Å². The molecule has 0 aliphatic rings. The fraction of sp³-hybridized carbons (Fsp3) is 0.0714. The number of carbonyl (C=O) groups excluding carboxylic acids is 1. The monoisotopic (exact) mass is 375 g/mol. The largest absolute Gasteiger partial charge is 0.322 e. The number of carbonyl (C=O) groups is 1. The number of benzene rings is 2. The van der Waals surface area contributed by atoms with Gasteiger partial charge in [0.15, 0.2) is 0 Å². The molecule has 0 unspecified atom stereocenters. The van der Waals surface area contributed by atoms with Crippen LogP contribution in [0.4, 0.5) is 18.9 Å². The summed E-state index contributed by atoms with van der Waals surface area (Å²) in [6.07, 6.45) is 0. The van der Waals surface area contributed by atoms with Crippen LogP contribution >= 0.6 is 27.7 Å². The third-order valence-electron chi connectivity index (χ3n) is 2.53. The molecule has 2 rings (SSSR count). The van der Waals surface area contributed by atoms with Crippen LogP contribution in [0.3, 0.4) is 0 Å². The Morgan fingerprint density at radius 1 is 1.14 bits per heavy atom. The van der Waals surface area contributed by atoms with Crippen molar-refractivity contribution in [3.63, 3.8) is 0 Å².